The maximum absolute atomic E-state index is 12.0. The van der Waals surface area contributed by atoms with Crippen molar-refractivity contribution in [2.24, 2.45) is 11.3 Å². The highest BCUT2D eigenvalue weighted by atomic mass is 32.2. The van der Waals surface area contributed by atoms with Crippen molar-refractivity contribution in [1.82, 2.24) is 10.2 Å². The Kier molecular flexibility index (Phi) is 7.19. The average molecular weight is 330 g/mol. The van der Waals surface area contributed by atoms with E-state index in [-0.39, 0.29) is 29.2 Å². The molecule has 1 saturated heterocycles. The number of carboxylic acid groups (broad SMARTS) is 1. The Balaban J connectivity index is 2.36. The molecule has 0 spiro atoms. The molecule has 7 heteroatoms. The van der Waals surface area contributed by atoms with Crippen molar-refractivity contribution in [2.45, 2.75) is 33.6 Å². The lowest BCUT2D eigenvalue weighted by Gasteiger charge is -2.33. The summed E-state index contributed by atoms with van der Waals surface area (Å²) in [5, 5.41) is 11.5. The van der Waals surface area contributed by atoms with Crippen LogP contribution in [0, 0.1) is 11.3 Å². The van der Waals surface area contributed by atoms with Crippen LogP contribution in [0.3, 0.4) is 0 Å². The largest absolute Gasteiger partial charge is 0.481 e. The summed E-state index contributed by atoms with van der Waals surface area (Å²) >= 11 is 1.13. The first-order valence-corrected chi connectivity index (χ1v) is 8.71. The number of carbonyl (C=O) groups excluding carboxylic acids is 2. The minimum absolute atomic E-state index is 0.0157. The summed E-state index contributed by atoms with van der Waals surface area (Å²) in [6.07, 6.45) is 1.92. The van der Waals surface area contributed by atoms with Crippen LogP contribution in [0.15, 0.2) is 0 Å². The predicted molar refractivity (Wildman–Crippen MR) is 86.7 cm³/mol. The average Bonchev–Trinajstić information content (AvgIpc) is 2.43. The molecule has 0 bridgehead atoms. The molecular weight excluding hydrogens is 304 g/mol. The summed E-state index contributed by atoms with van der Waals surface area (Å²) < 4.78 is 0. The number of carboxylic acids is 1. The minimum atomic E-state index is -0.904. The third-order valence-electron chi connectivity index (χ3n) is 3.56. The van der Waals surface area contributed by atoms with Gasteiger partial charge in [0.1, 0.15) is 0 Å². The van der Waals surface area contributed by atoms with E-state index in [0.717, 1.165) is 31.1 Å². The quantitative estimate of drug-likeness (QED) is 0.764. The molecule has 1 aliphatic rings. The van der Waals surface area contributed by atoms with E-state index in [9.17, 15) is 14.4 Å². The Bertz CT molecular complexity index is 420. The monoisotopic (exact) mass is 330 g/mol. The third kappa shape index (κ3) is 6.68. The highest BCUT2D eigenvalue weighted by molar-refractivity contribution is 8.00. The van der Waals surface area contributed by atoms with Crippen molar-refractivity contribution in [3.05, 3.63) is 0 Å². The summed E-state index contributed by atoms with van der Waals surface area (Å²) in [4.78, 5) is 36.2. The van der Waals surface area contributed by atoms with Crippen LogP contribution >= 0.6 is 11.8 Å². The van der Waals surface area contributed by atoms with Crippen molar-refractivity contribution in [3.8, 4) is 0 Å². The number of carbonyl (C=O) groups is 3. The van der Waals surface area contributed by atoms with Crippen LogP contribution in [0.4, 0.5) is 0 Å². The Morgan fingerprint density at radius 3 is 2.55 bits per heavy atom. The van der Waals surface area contributed by atoms with Gasteiger partial charge in [0.15, 0.2) is 0 Å². The third-order valence-corrected chi connectivity index (χ3v) is 4.46. The lowest BCUT2D eigenvalue weighted by atomic mass is 9.94. The fraction of sp³-hybridized carbons (Fsp3) is 0.800. The summed E-state index contributed by atoms with van der Waals surface area (Å²) in [5.74, 6) is -0.475. The lowest BCUT2D eigenvalue weighted by Crippen LogP contribution is -2.45. The summed E-state index contributed by atoms with van der Waals surface area (Å²) in [7, 11) is 0. The molecule has 2 amide bonds. The van der Waals surface area contributed by atoms with Gasteiger partial charge >= 0.3 is 5.97 Å². The number of thioether (sulfide) groups is 1. The number of rotatable bonds is 6. The van der Waals surface area contributed by atoms with E-state index >= 15 is 0 Å². The highest BCUT2D eigenvalue weighted by Gasteiger charge is 2.26. The second-order valence-corrected chi connectivity index (χ2v) is 7.68. The molecule has 1 rings (SSSR count). The number of aliphatic carboxylic acids is 1. The second-order valence-electron chi connectivity index (χ2n) is 6.69. The maximum atomic E-state index is 12.0. The van der Waals surface area contributed by atoms with E-state index in [1.807, 2.05) is 20.8 Å². The molecule has 6 nitrogen and oxygen atoms in total. The smallest absolute Gasteiger partial charge is 0.313 e. The van der Waals surface area contributed by atoms with Gasteiger partial charge in [-0.15, -0.1) is 11.8 Å². The molecule has 0 radical (unpaired) electrons. The Hall–Kier alpha value is -1.24. The van der Waals surface area contributed by atoms with Crippen molar-refractivity contribution in [3.63, 3.8) is 0 Å². The molecule has 1 atom stereocenters. The van der Waals surface area contributed by atoms with E-state index in [4.69, 9.17) is 5.11 Å². The van der Waals surface area contributed by atoms with E-state index in [1.165, 1.54) is 0 Å². The molecular formula is C15H26N2O4S. The molecule has 0 saturated carbocycles. The van der Waals surface area contributed by atoms with Gasteiger partial charge in [-0.1, -0.05) is 20.8 Å². The van der Waals surface area contributed by atoms with Gasteiger partial charge in [0, 0.05) is 25.0 Å². The molecule has 0 aromatic carbocycles. The number of nitrogens with one attached hydrogen (secondary N) is 1. The molecule has 22 heavy (non-hydrogen) atoms. The number of likely N-dealkylation sites (tertiary alicyclic amines) is 1. The van der Waals surface area contributed by atoms with Crippen LogP contribution in [0.25, 0.3) is 0 Å². The van der Waals surface area contributed by atoms with Crippen LogP contribution < -0.4 is 5.32 Å². The van der Waals surface area contributed by atoms with Crippen LogP contribution in [0.1, 0.15) is 33.6 Å². The lowest BCUT2D eigenvalue weighted by molar-refractivity contribution is -0.134. The van der Waals surface area contributed by atoms with E-state index in [1.54, 1.807) is 4.90 Å². The van der Waals surface area contributed by atoms with Gasteiger partial charge in [-0.3, -0.25) is 14.4 Å². The molecule has 126 valence electrons. The maximum Gasteiger partial charge on any atom is 0.313 e. The topological polar surface area (TPSA) is 86.7 Å². The summed E-state index contributed by atoms with van der Waals surface area (Å²) in [6, 6.07) is 0. The van der Waals surface area contributed by atoms with Crippen molar-refractivity contribution < 1.29 is 19.5 Å². The Labute approximate surface area is 136 Å². The van der Waals surface area contributed by atoms with Crippen molar-refractivity contribution in [1.29, 1.82) is 0 Å². The first-order valence-electron chi connectivity index (χ1n) is 7.55. The zero-order valence-electron chi connectivity index (χ0n) is 13.6. The van der Waals surface area contributed by atoms with Crippen LogP contribution in [0.5, 0.6) is 0 Å². The Morgan fingerprint density at radius 2 is 1.95 bits per heavy atom. The molecule has 0 aromatic heterocycles. The standard InChI is InChI=1S/C15H26N2O4S/c1-15(2,3)14(21)16-7-11-5-4-6-17(8-11)12(18)9-22-10-13(19)20/h11H,4-10H2,1-3H3,(H,16,21)(H,19,20). The molecule has 0 aromatic rings. The summed E-state index contributed by atoms with van der Waals surface area (Å²) in [5.41, 5.74) is -0.405. The van der Waals surface area contributed by atoms with Crippen LogP contribution in [-0.4, -0.2) is 58.9 Å². The number of hydrogen-bond acceptors (Lipinski definition) is 4. The fourth-order valence-electron chi connectivity index (χ4n) is 2.28. The molecule has 1 unspecified atom stereocenters. The second kappa shape index (κ2) is 8.41. The molecule has 1 fully saturated rings. The zero-order valence-corrected chi connectivity index (χ0v) is 14.4. The SMILES string of the molecule is CC(C)(C)C(=O)NCC1CCCN(C(=O)CSCC(=O)O)C1. The van der Waals surface area contributed by atoms with Gasteiger partial charge in [0.2, 0.25) is 11.8 Å². The summed E-state index contributed by atoms with van der Waals surface area (Å²) in [6.45, 7) is 7.56. The van der Waals surface area contributed by atoms with Crippen LogP contribution in [0.2, 0.25) is 0 Å². The zero-order chi connectivity index (χ0) is 16.8. The number of piperidine rings is 1. The number of hydrogen-bond donors (Lipinski definition) is 2. The van der Waals surface area contributed by atoms with Crippen LogP contribution in [-0.2, 0) is 14.4 Å². The number of amides is 2. The van der Waals surface area contributed by atoms with Gasteiger partial charge in [-0.2, -0.15) is 0 Å². The van der Waals surface area contributed by atoms with Gasteiger partial charge < -0.3 is 15.3 Å². The first kappa shape index (κ1) is 18.8. The minimum Gasteiger partial charge on any atom is -0.481 e. The van der Waals surface area contributed by atoms with Crippen molar-refractivity contribution in [2.75, 3.05) is 31.1 Å². The first-order chi connectivity index (χ1) is 10.2. The molecule has 1 aliphatic heterocycles. The van der Waals surface area contributed by atoms with Crippen molar-refractivity contribution >= 4 is 29.5 Å². The predicted octanol–water partition coefficient (Wildman–Crippen LogP) is 1.21. The Morgan fingerprint density at radius 1 is 1.27 bits per heavy atom. The molecule has 1 heterocycles. The van der Waals surface area contributed by atoms with Gasteiger partial charge in [-0.05, 0) is 18.8 Å². The van der Waals surface area contributed by atoms with E-state index in [2.05, 4.69) is 5.32 Å². The number of nitrogens with zero attached hydrogens (tertiary/aromatic N) is 1. The normalized spacial score (nSPS) is 18.9. The van der Waals surface area contributed by atoms with Gasteiger partial charge in [0.05, 0.1) is 11.5 Å². The van der Waals surface area contributed by atoms with E-state index < -0.39 is 11.4 Å². The van der Waals surface area contributed by atoms with Gasteiger partial charge in [0.25, 0.3) is 0 Å². The van der Waals surface area contributed by atoms with Gasteiger partial charge in [-0.25, -0.2) is 0 Å². The van der Waals surface area contributed by atoms with E-state index in [0.29, 0.717) is 13.1 Å². The molecule has 2 N–H and O–H groups in total. The highest BCUT2D eigenvalue weighted by Crippen LogP contribution is 2.18. The fourth-order valence-corrected chi connectivity index (χ4v) is 2.91. The molecule has 0 aliphatic carbocycles.